The van der Waals surface area contributed by atoms with E-state index in [0.29, 0.717) is 18.7 Å². The number of carbonyl (C=O) groups is 1. The molecule has 1 N–H and O–H groups in total. The van der Waals surface area contributed by atoms with Crippen molar-refractivity contribution < 1.29 is 14.3 Å². The van der Waals surface area contributed by atoms with E-state index in [2.05, 4.69) is 27.0 Å². The highest BCUT2D eigenvalue weighted by Crippen LogP contribution is 2.21. The second kappa shape index (κ2) is 9.71. The predicted octanol–water partition coefficient (Wildman–Crippen LogP) is 3.17. The molecule has 1 saturated heterocycles. The molecule has 0 radical (unpaired) electrons. The number of ether oxygens (including phenoxy) is 2. The predicted molar refractivity (Wildman–Crippen MR) is 104 cm³/mol. The minimum Gasteiger partial charge on any atom is -0.490 e. The first-order valence-electron chi connectivity index (χ1n) is 9.02. The third-order valence-corrected chi connectivity index (χ3v) is 5.24. The van der Waals surface area contributed by atoms with Gasteiger partial charge < -0.3 is 14.8 Å². The van der Waals surface area contributed by atoms with Crippen LogP contribution in [0, 0.1) is 0 Å². The number of likely N-dealkylation sites (tertiary alicyclic amines) is 1. The Morgan fingerprint density at radius 1 is 1.31 bits per heavy atom. The lowest BCUT2D eigenvalue weighted by atomic mass is 10.1. The molecule has 2 aromatic rings. The fourth-order valence-electron chi connectivity index (χ4n) is 3.10. The van der Waals surface area contributed by atoms with E-state index in [0.717, 1.165) is 38.2 Å². The first kappa shape index (κ1) is 18.9. The molecule has 0 aliphatic carbocycles. The van der Waals surface area contributed by atoms with Gasteiger partial charge in [0.15, 0.2) is 0 Å². The van der Waals surface area contributed by atoms with Crippen molar-refractivity contribution in [2.75, 3.05) is 33.4 Å². The lowest BCUT2D eigenvalue weighted by Gasteiger charge is -2.32. The van der Waals surface area contributed by atoms with E-state index in [4.69, 9.17) is 9.47 Å². The molecule has 1 aromatic carbocycles. The molecule has 0 spiro atoms. The second-order valence-electron chi connectivity index (χ2n) is 6.50. The van der Waals surface area contributed by atoms with Gasteiger partial charge in [-0.2, -0.15) is 11.3 Å². The van der Waals surface area contributed by atoms with Gasteiger partial charge in [-0.1, -0.05) is 6.07 Å². The van der Waals surface area contributed by atoms with Crippen molar-refractivity contribution in [2.24, 2.45) is 0 Å². The summed E-state index contributed by atoms with van der Waals surface area (Å²) in [5.74, 6) is 0.666. The van der Waals surface area contributed by atoms with Crippen molar-refractivity contribution in [1.82, 2.24) is 10.2 Å². The largest absolute Gasteiger partial charge is 0.490 e. The topological polar surface area (TPSA) is 50.8 Å². The Labute approximate surface area is 158 Å². The summed E-state index contributed by atoms with van der Waals surface area (Å²) in [4.78, 5) is 14.6. The zero-order valence-electron chi connectivity index (χ0n) is 15.1. The summed E-state index contributed by atoms with van der Waals surface area (Å²) >= 11 is 1.75. The minimum absolute atomic E-state index is 0.0990. The van der Waals surface area contributed by atoms with Crippen molar-refractivity contribution in [1.29, 1.82) is 0 Å². The van der Waals surface area contributed by atoms with Crippen LogP contribution in [0.25, 0.3) is 0 Å². The van der Waals surface area contributed by atoms with Gasteiger partial charge >= 0.3 is 0 Å². The van der Waals surface area contributed by atoms with Crippen LogP contribution in [0.3, 0.4) is 0 Å². The molecule has 1 aliphatic rings. The number of nitrogens with zero attached hydrogens (tertiary/aromatic N) is 1. The van der Waals surface area contributed by atoms with Crippen LogP contribution >= 0.6 is 11.3 Å². The van der Waals surface area contributed by atoms with Crippen LogP contribution in [0.4, 0.5) is 0 Å². The fourth-order valence-corrected chi connectivity index (χ4v) is 3.76. The van der Waals surface area contributed by atoms with E-state index in [9.17, 15) is 4.79 Å². The third kappa shape index (κ3) is 5.56. The smallest absolute Gasteiger partial charge is 0.251 e. The summed E-state index contributed by atoms with van der Waals surface area (Å²) < 4.78 is 11.1. The molecule has 1 amide bonds. The van der Waals surface area contributed by atoms with Gasteiger partial charge in [-0.25, -0.2) is 0 Å². The molecule has 1 aromatic heterocycles. The molecule has 0 saturated carbocycles. The van der Waals surface area contributed by atoms with E-state index in [1.165, 1.54) is 5.56 Å². The summed E-state index contributed by atoms with van der Waals surface area (Å²) in [6, 6.07) is 9.60. The standard InChI is InChI=1S/C20H26N2O3S/c1-24-11-8-21-20(23)17-3-2-4-19(13-17)25-18-5-9-22(10-6-18)14-16-7-12-26-15-16/h2-4,7,12-13,15,18H,5-6,8-11,14H2,1H3,(H,21,23). The molecular weight excluding hydrogens is 348 g/mol. The third-order valence-electron chi connectivity index (χ3n) is 4.51. The number of hydrogen-bond donors (Lipinski definition) is 1. The molecule has 1 aliphatic heterocycles. The van der Waals surface area contributed by atoms with Gasteiger partial charge in [0.1, 0.15) is 11.9 Å². The van der Waals surface area contributed by atoms with Crippen LogP contribution in [-0.4, -0.2) is 50.3 Å². The Morgan fingerprint density at radius 2 is 2.15 bits per heavy atom. The molecule has 2 heterocycles. The highest BCUT2D eigenvalue weighted by Gasteiger charge is 2.21. The van der Waals surface area contributed by atoms with Crippen LogP contribution in [0.2, 0.25) is 0 Å². The molecule has 0 atom stereocenters. The lowest BCUT2D eigenvalue weighted by Crippen LogP contribution is -2.37. The Morgan fingerprint density at radius 3 is 2.88 bits per heavy atom. The summed E-state index contributed by atoms with van der Waals surface area (Å²) in [6.07, 6.45) is 2.23. The average Bonchev–Trinajstić information content (AvgIpc) is 3.17. The SMILES string of the molecule is COCCNC(=O)c1cccc(OC2CCN(Cc3ccsc3)CC2)c1. The van der Waals surface area contributed by atoms with E-state index in [1.54, 1.807) is 24.5 Å². The monoisotopic (exact) mass is 374 g/mol. The van der Waals surface area contributed by atoms with Crippen molar-refractivity contribution in [3.05, 3.63) is 52.2 Å². The summed E-state index contributed by atoms with van der Waals surface area (Å²) in [7, 11) is 1.62. The van der Waals surface area contributed by atoms with Gasteiger partial charge in [0.25, 0.3) is 5.91 Å². The van der Waals surface area contributed by atoms with E-state index in [1.807, 2.05) is 18.2 Å². The maximum absolute atomic E-state index is 12.1. The van der Waals surface area contributed by atoms with E-state index >= 15 is 0 Å². The average molecular weight is 375 g/mol. The molecule has 140 valence electrons. The number of methoxy groups -OCH3 is 1. The van der Waals surface area contributed by atoms with Gasteiger partial charge in [0.05, 0.1) is 6.61 Å². The van der Waals surface area contributed by atoms with Crippen LogP contribution in [-0.2, 0) is 11.3 Å². The highest BCUT2D eigenvalue weighted by atomic mass is 32.1. The second-order valence-corrected chi connectivity index (χ2v) is 7.28. The maximum atomic E-state index is 12.1. The molecule has 26 heavy (non-hydrogen) atoms. The van der Waals surface area contributed by atoms with Crippen LogP contribution in [0.5, 0.6) is 5.75 Å². The maximum Gasteiger partial charge on any atom is 0.251 e. The molecular formula is C20H26N2O3S. The number of rotatable bonds is 8. The Balaban J connectivity index is 1.47. The summed E-state index contributed by atoms with van der Waals surface area (Å²) in [6.45, 7) is 4.11. The summed E-state index contributed by atoms with van der Waals surface area (Å²) in [5, 5.41) is 7.17. The number of piperidine rings is 1. The first-order chi connectivity index (χ1) is 12.7. The van der Waals surface area contributed by atoms with Crippen LogP contribution in [0.1, 0.15) is 28.8 Å². The number of carbonyl (C=O) groups excluding carboxylic acids is 1. The minimum atomic E-state index is -0.0990. The number of nitrogens with one attached hydrogen (secondary N) is 1. The van der Waals surface area contributed by atoms with Crippen LogP contribution in [0.15, 0.2) is 41.1 Å². The van der Waals surface area contributed by atoms with E-state index < -0.39 is 0 Å². The normalized spacial score (nSPS) is 15.7. The molecule has 0 bridgehead atoms. The van der Waals surface area contributed by atoms with Crippen molar-refractivity contribution in [3.63, 3.8) is 0 Å². The van der Waals surface area contributed by atoms with Crippen molar-refractivity contribution >= 4 is 17.2 Å². The number of benzene rings is 1. The zero-order chi connectivity index (χ0) is 18.2. The van der Waals surface area contributed by atoms with Crippen molar-refractivity contribution in [3.8, 4) is 5.75 Å². The number of thiophene rings is 1. The number of hydrogen-bond acceptors (Lipinski definition) is 5. The quantitative estimate of drug-likeness (QED) is 0.721. The Hall–Kier alpha value is -1.89. The number of amides is 1. The van der Waals surface area contributed by atoms with Crippen molar-refractivity contribution in [2.45, 2.75) is 25.5 Å². The van der Waals surface area contributed by atoms with Gasteiger partial charge in [-0.15, -0.1) is 0 Å². The highest BCUT2D eigenvalue weighted by molar-refractivity contribution is 7.07. The van der Waals surface area contributed by atoms with Gasteiger partial charge in [0.2, 0.25) is 0 Å². The molecule has 3 rings (SSSR count). The van der Waals surface area contributed by atoms with Crippen LogP contribution < -0.4 is 10.1 Å². The van der Waals surface area contributed by atoms with Gasteiger partial charge in [-0.05, 0) is 53.4 Å². The lowest BCUT2D eigenvalue weighted by molar-refractivity contribution is 0.0925. The molecule has 0 unspecified atom stereocenters. The molecule has 5 nitrogen and oxygen atoms in total. The van der Waals surface area contributed by atoms with Gasteiger partial charge in [-0.3, -0.25) is 9.69 Å². The Kier molecular flexibility index (Phi) is 7.05. The zero-order valence-corrected chi connectivity index (χ0v) is 16.0. The van der Waals surface area contributed by atoms with Gasteiger partial charge in [0, 0.05) is 38.9 Å². The molecule has 6 heteroatoms. The molecule has 1 fully saturated rings. The first-order valence-corrected chi connectivity index (χ1v) is 9.96. The summed E-state index contributed by atoms with van der Waals surface area (Å²) in [5.41, 5.74) is 2.01. The Bertz CT molecular complexity index is 682. The van der Waals surface area contributed by atoms with E-state index in [-0.39, 0.29) is 12.0 Å². The fraction of sp³-hybridized carbons (Fsp3) is 0.450.